The molecule has 0 spiro atoms. The molecule has 0 saturated heterocycles. The number of esters is 1. The standard InChI is InChI=1S/C23H22N2O4S/c1-13(26)28-17-10-7-8-14-16(25-22(27)29-23(2,3)4)12-19-21(20(14)17)24-15-9-5-6-11-18(15)30-19/h5-12,24H,1-4H3,(H,25,27). The van der Waals surface area contributed by atoms with Gasteiger partial charge in [0.25, 0.3) is 0 Å². The average molecular weight is 423 g/mol. The molecule has 0 unspecified atom stereocenters. The van der Waals surface area contributed by atoms with Crippen molar-refractivity contribution in [1.29, 1.82) is 0 Å². The minimum atomic E-state index is -0.619. The van der Waals surface area contributed by atoms with Crippen LogP contribution in [-0.2, 0) is 9.53 Å². The Labute approximate surface area is 178 Å². The fourth-order valence-corrected chi connectivity index (χ4v) is 4.34. The maximum atomic E-state index is 12.5. The summed E-state index contributed by atoms with van der Waals surface area (Å²) in [5.41, 5.74) is 1.77. The van der Waals surface area contributed by atoms with Crippen LogP contribution in [0.2, 0.25) is 0 Å². The molecule has 6 nitrogen and oxygen atoms in total. The summed E-state index contributed by atoms with van der Waals surface area (Å²) in [6.07, 6.45) is -0.546. The molecule has 3 aromatic carbocycles. The molecule has 30 heavy (non-hydrogen) atoms. The third kappa shape index (κ3) is 4.07. The van der Waals surface area contributed by atoms with E-state index in [1.165, 1.54) is 6.92 Å². The van der Waals surface area contributed by atoms with Crippen LogP contribution in [-0.4, -0.2) is 17.7 Å². The van der Waals surface area contributed by atoms with E-state index < -0.39 is 17.7 Å². The van der Waals surface area contributed by atoms with Gasteiger partial charge in [-0.3, -0.25) is 10.1 Å². The fraction of sp³-hybridized carbons (Fsp3) is 0.217. The second-order valence-corrected chi connectivity index (χ2v) is 9.00. The van der Waals surface area contributed by atoms with Gasteiger partial charge in [0.1, 0.15) is 11.4 Å². The van der Waals surface area contributed by atoms with Crippen LogP contribution in [0, 0.1) is 0 Å². The Bertz CT molecular complexity index is 1170. The van der Waals surface area contributed by atoms with Gasteiger partial charge in [0.15, 0.2) is 0 Å². The van der Waals surface area contributed by atoms with Gasteiger partial charge in [0.2, 0.25) is 0 Å². The highest BCUT2D eigenvalue weighted by Crippen LogP contribution is 2.51. The zero-order valence-corrected chi connectivity index (χ0v) is 18.0. The van der Waals surface area contributed by atoms with Crippen molar-refractivity contribution in [3.8, 4) is 5.75 Å². The Kier molecular flexibility index (Phi) is 5.07. The van der Waals surface area contributed by atoms with Crippen molar-refractivity contribution in [1.82, 2.24) is 0 Å². The number of rotatable bonds is 2. The molecular weight excluding hydrogens is 400 g/mol. The predicted octanol–water partition coefficient (Wildman–Crippen LogP) is 6.32. The van der Waals surface area contributed by atoms with Crippen molar-refractivity contribution in [3.05, 3.63) is 48.5 Å². The number of anilines is 3. The van der Waals surface area contributed by atoms with E-state index in [1.807, 2.05) is 57.2 Å². The summed E-state index contributed by atoms with van der Waals surface area (Å²) in [7, 11) is 0. The molecule has 0 radical (unpaired) electrons. The van der Waals surface area contributed by atoms with Crippen LogP contribution in [0.5, 0.6) is 5.75 Å². The molecule has 1 amide bonds. The van der Waals surface area contributed by atoms with Crippen molar-refractivity contribution in [2.75, 3.05) is 10.6 Å². The summed E-state index contributed by atoms with van der Waals surface area (Å²) in [5, 5.41) is 7.78. The van der Waals surface area contributed by atoms with Gasteiger partial charge >= 0.3 is 12.1 Å². The van der Waals surface area contributed by atoms with Crippen LogP contribution in [0.4, 0.5) is 21.9 Å². The van der Waals surface area contributed by atoms with Crippen molar-refractivity contribution >= 4 is 51.7 Å². The van der Waals surface area contributed by atoms with Gasteiger partial charge in [-0.05, 0) is 45.0 Å². The lowest BCUT2D eigenvalue weighted by atomic mass is 10.0. The van der Waals surface area contributed by atoms with Gasteiger partial charge in [0, 0.05) is 22.1 Å². The van der Waals surface area contributed by atoms with Gasteiger partial charge in [-0.2, -0.15) is 0 Å². The summed E-state index contributed by atoms with van der Waals surface area (Å²) < 4.78 is 10.9. The Balaban J connectivity index is 1.88. The van der Waals surface area contributed by atoms with Crippen LogP contribution >= 0.6 is 11.8 Å². The summed E-state index contributed by atoms with van der Waals surface area (Å²) in [4.78, 5) is 26.1. The van der Waals surface area contributed by atoms with Gasteiger partial charge < -0.3 is 14.8 Å². The van der Waals surface area contributed by atoms with E-state index in [4.69, 9.17) is 9.47 Å². The lowest BCUT2D eigenvalue weighted by molar-refractivity contribution is -0.131. The Hall–Kier alpha value is -3.19. The normalized spacial score (nSPS) is 12.4. The second-order valence-electron chi connectivity index (χ2n) is 7.92. The highest BCUT2D eigenvalue weighted by atomic mass is 32.2. The maximum Gasteiger partial charge on any atom is 0.412 e. The molecule has 0 aliphatic carbocycles. The van der Waals surface area contributed by atoms with E-state index in [0.717, 1.165) is 31.9 Å². The lowest BCUT2D eigenvalue weighted by Crippen LogP contribution is -2.27. The number of hydrogen-bond donors (Lipinski definition) is 2. The first-order chi connectivity index (χ1) is 14.2. The smallest absolute Gasteiger partial charge is 0.412 e. The molecular formula is C23H22N2O4S. The second kappa shape index (κ2) is 7.57. The fourth-order valence-electron chi connectivity index (χ4n) is 3.29. The molecule has 3 aromatic rings. The van der Waals surface area contributed by atoms with Gasteiger partial charge in [-0.1, -0.05) is 36.0 Å². The highest BCUT2D eigenvalue weighted by molar-refractivity contribution is 7.99. The zero-order chi connectivity index (χ0) is 21.5. The number of carbonyl (C=O) groups excluding carboxylic acids is 2. The molecule has 0 aromatic heterocycles. The van der Waals surface area contributed by atoms with E-state index in [1.54, 1.807) is 23.9 Å². The van der Waals surface area contributed by atoms with Crippen LogP contribution < -0.4 is 15.4 Å². The SMILES string of the molecule is CC(=O)Oc1cccc2c(NC(=O)OC(C)(C)C)cc3c(c12)Nc1ccccc1S3. The van der Waals surface area contributed by atoms with Crippen LogP contribution in [0.25, 0.3) is 10.8 Å². The van der Waals surface area contributed by atoms with Crippen molar-refractivity contribution in [2.24, 2.45) is 0 Å². The maximum absolute atomic E-state index is 12.5. The van der Waals surface area contributed by atoms with Crippen molar-refractivity contribution in [2.45, 2.75) is 43.1 Å². The zero-order valence-electron chi connectivity index (χ0n) is 17.2. The molecule has 0 fully saturated rings. The third-order valence-corrected chi connectivity index (χ3v) is 5.46. The highest BCUT2D eigenvalue weighted by Gasteiger charge is 2.24. The monoisotopic (exact) mass is 422 g/mol. The third-order valence-electron chi connectivity index (χ3n) is 4.34. The summed E-state index contributed by atoms with van der Waals surface area (Å²) in [5.74, 6) is 0.0159. The Morgan fingerprint density at radius 3 is 2.53 bits per heavy atom. The van der Waals surface area contributed by atoms with E-state index in [0.29, 0.717) is 11.4 Å². The summed E-state index contributed by atoms with van der Waals surface area (Å²) in [6.45, 7) is 6.80. The minimum Gasteiger partial charge on any atom is -0.444 e. The van der Waals surface area contributed by atoms with Gasteiger partial charge in [-0.25, -0.2) is 4.79 Å². The minimum absolute atomic E-state index is 0.411. The number of benzene rings is 3. The van der Waals surface area contributed by atoms with Crippen LogP contribution in [0.3, 0.4) is 0 Å². The number of carbonyl (C=O) groups is 2. The quantitative estimate of drug-likeness (QED) is 0.291. The predicted molar refractivity (Wildman–Crippen MR) is 119 cm³/mol. The molecule has 0 atom stereocenters. The summed E-state index contributed by atoms with van der Waals surface area (Å²) in [6, 6.07) is 15.3. The van der Waals surface area contributed by atoms with E-state index in [2.05, 4.69) is 10.6 Å². The largest absolute Gasteiger partial charge is 0.444 e. The first-order valence-corrected chi connectivity index (χ1v) is 10.3. The Morgan fingerprint density at radius 1 is 1.03 bits per heavy atom. The lowest BCUT2D eigenvalue weighted by Gasteiger charge is -2.25. The molecule has 7 heteroatoms. The number of nitrogens with one attached hydrogen (secondary N) is 2. The molecule has 4 rings (SSSR count). The number of fused-ring (bicyclic) bond motifs is 4. The van der Waals surface area contributed by atoms with Gasteiger partial charge in [0.05, 0.1) is 22.4 Å². The number of para-hydroxylation sites is 1. The van der Waals surface area contributed by atoms with Crippen molar-refractivity contribution in [3.63, 3.8) is 0 Å². The molecule has 2 N–H and O–H groups in total. The van der Waals surface area contributed by atoms with Gasteiger partial charge in [-0.15, -0.1) is 0 Å². The van der Waals surface area contributed by atoms with E-state index >= 15 is 0 Å². The van der Waals surface area contributed by atoms with E-state index in [9.17, 15) is 9.59 Å². The Morgan fingerprint density at radius 2 is 1.80 bits per heavy atom. The molecule has 0 bridgehead atoms. The molecule has 0 saturated carbocycles. The molecule has 1 heterocycles. The summed E-state index contributed by atoms with van der Waals surface area (Å²) >= 11 is 1.58. The van der Waals surface area contributed by atoms with Crippen LogP contribution in [0.15, 0.2) is 58.3 Å². The van der Waals surface area contributed by atoms with Crippen LogP contribution in [0.1, 0.15) is 27.7 Å². The topological polar surface area (TPSA) is 76.7 Å². The first-order valence-electron chi connectivity index (χ1n) is 9.53. The molecule has 1 aliphatic heterocycles. The van der Waals surface area contributed by atoms with Crippen molar-refractivity contribution < 1.29 is 19.1 Å². The van der Waals surface area contributed by atoms with E-state index in [-0.39, 0.29) is 0 Å². The number of hydrogen-bond acceptors (Lipinski definition) is 6. The molecule has 154 valence electrons. The number of amides is 1. The number of ether oxygens (including phenoxy) is 2. The first kappa shape index (κ1) is 20.1. The molecule has 1 aliphatic rings. The average Bonchev–Trinajstić information content (AvgIpc) is 2.65.